The van der Waals surface area contributed by atoms with E-state index in [4.69, 9.17) is 18.9 Å². The number of fused-ring (bicyclic) bond motifs is 13. The van der Waals surface area contributed by atoms with Gasteiger partial charge < -0.3 is 28.7 Å². The van der Waals surface area contributed by atoms with Crippen LogP contribution in [0.15, 0.2) is 170 Å². The molecule has 0 amide bonds. The van der Waals surface area contributed by atoms with Crippen LogP contribution >= 0.6 is 22.7 Å². The maximum atomic E-state index is 6.42. The summed E-state index contributed by atoms with van der Waals surface area (Å²) < 4.78 is 30.0. The van der Waals surface area contributed by atoms with Gasteiger partial charge in [0.2, 0.25) is 13.6 Å². The topological polar surface area (TPSA) is 43.4 Å². The third-order valence-electron chi connectivity index (χ3n) is 13.9. The Morgan fingerprint density at radius 1 is 0.424 bits per heavy atom. The lowest BCUT2D eigenvalue weighted by molar-refractivity contribution is 0.174. The third-order valence-corrected chi connectivity index (χ3v) is 16.1. The van der Waals surface area contributed by atoms with Gasteiger partial charge in [-0.2, -0.15) is 0 Å². The lowest BCUT2D eigenvalue weighted by atomic mass is 9.33. The van der Waals surface area contributed by atoms with Gasteiger partial charge in [0.25, 0.3) is 6.71 Å². The average Bonchev–Trinajstić information content (AvgIpc) is 4.18. The second-order valence-electron chi connectivity index (χ2n) is 17.5. The van der Waals surface area contributed by atoms with Crippen molar-refractivity contribution in [1.29, 1.82) is 0 Å². The van der Waals surface area contributed by atoms with Crippen LogP contribution in [-0.2, 0) is 0 Å². The minimum Gasteiger partial charge on any atom is -0.454 e. The van der Waals surface area contributed by atoms with Crippen molar-refractivity contribution >= 4 is 120 Å². The van der Waals surface area contributed by atoms with Gasteiger partial charge in [0.05, 0.1) is 11.4 Å². The van der Waals surface area contributed by atoms with Gasteiger partial charge in [-0.1, -0.05) is 97.1 Å². The van der Waals surface area contributed by atoms with E-state index in [9.17, 15) is 0 Å². The Kier molecular flexibility index (Phi) is 7.57. The van der Waals surface area contributed by atoms with Gasteiger partial charge in [-0.05, 0) is 124 Å². The summed E-state index contributed by atoms with van der Waals surface area (Å²) in [6.07, 6.45) is 0. The molecule has 6 nitrogen and oxygen atoms in total. The lowest BCUT2D eigenvalue weighted by Crippen LogP contribution is -2.61. The van der Waals surface area contributed by atoms with Crippen LogP contribution in [0.25, 0.3) is 62.6 Å². The Bertz CT molecular complexity index is 3910. The van der Waals surface area contributed by atoms with Gasteiger partial charge in [0.1, 0.15) is 0 Å². The van der Waals surface area contributed by atoms with E-state index >= 15 is 0 Å². The fourth-order valence-electron chi connectivity index (χ4n) is 11.0. The Labute approximate surface area is 388 Å². The highest BCUT2D eigenvalue weighted by atomic mass is 32.1. The van der Waals surface area contributed by atoms with Crippen LogP contribution in [0.3, 0.4) is 0 Å². The van der Waals surface area contributed by atoms with Gasteiger partial charge in [-0.15, -0.1) is 22.7 Å². The Balaban J connectivity index is 0.978. The molecule has 0 aliphatic carbocycles. The molecule has 0 spiro atoms. The van der Waals surface area contributed by atoms with Gasteiger partial charge in [-0.3, -0.25) is 0 Å². The second kappa shape index (κ2) is 13.7. The summed E-state index contributed by atoms with van der Waals surface area (Å²) in [5.41, 5.74) is 15.7. The quantitative estimate of drug-likeness (QED) is 0.164. The first-order chi connectivity index (χ1) is 32.6. The number of hydrogen-bond donors (Lipinski definition) is 0. The monoisotopic (exact) mass is 886 g/mol. The molecule has 0 N–H and O–H groups in total. The van der Waals surface area contributed by atoms with Crippen molar-refractivity contribution < 1.29 is 18.9 Å². The summed E-state index contributed by atoms with van der Waals surface area (Å²) >= 11 is 3.71. The van der Waals surface area contributed by atoms with Crippen LogP contribution in [-0.4, -0.2) is 20.3 Å². The van der Waals surface area contributed by atoms with E-state index < -0.39 is 0 Å². The Hall–Kier alpha value is -7.72. The van der Waals surface area contributed by atoms with E-state index in [2.05, 4.69) is 174 Å². The first-order valence-corrected chi connectivity index (χ1v) is 23.9. The fourth-order valence-corrected chi connectivity index (χ4v) is 13.3. The van der Waals surface area contributed by atoms with E-state index in [1.165, 1.54) is 73.5 Å². The summed E-state index contributed by atoms with van der Waals surface area (Å²) in [6, 6.07) is 62.6. The van der Waals surface area contributed by atoms with Crippen molar-refractivity contribution in [3.05, 3.63) is 175 Å². The molecular formula is C57H35BN2O4S2. The highest BCUT2D eigenvalue weighted by Crippen LogP contribution is 2.54. The molecule has 11 aromatic rings. The Morgan fingerprint density at radius 2 is 1.02 bits per heavy atom. The van der Waals surface area contributed by atoms with E-state index in [1.54, 1.807) is 0 Å². The summed E-state index contributed by atoms with van der Waals surface area (Å²) in [5, 5.41) is 5.21. The minimum absolute atomic E-state index is 0.116. The van der Waals surface area contributed by atoms with Crippen molar-refractivity contribution in [2.75, 3.05) is 23.4 Å². The molecule has 4 aliphatic heterocycles. The molecule has 66 heavy (non-hydrogen) atoms. The van der Waals surface area contributed by atoms with Crippen LogP contribution in [0.5, 0.6) is 23.0 Å². The largest absolute Gasteiger partial charge is 0.454 e. The number of thiophene rings is 2. The molecule has 0 saturated carbocycles. The second-order valence-corrected chi connectivity index (χ2v) is 19.7. The zero-order valence-electron chi connectivity index (χ0n) is 35.5. The highest BCUT2D eigenvalue weighted by Gasteiger charge is 2.46. The molecule has 0 fully saturated rings. The molecule has 15 rings (SSSR count). The van der Waals surface area contributed by atoms with Crippen molar-refractivity contribution in [3.8, 4) is 45.3 Å². The summed E-state index contributed by atoms with van der Waals surface area (Å²) in [7, 11) is 0. The number of ether oxygens (including phenoxy) is 4. The van der Waals surface area contributed by atoms with Gasteiger partial charge in [0.15, 0.2) is 23.0 Å². The summed E-state index contributed by atoms with van der Waals surface area (Å²) in [5.74, 6) is 2.90. The average molecular weight is 887 g/mol. The molecule has 0 bridgehead atoms. The highest BCUT2D eigenvalue weighted by molar-refractivity contribution is 7.26. The smallest absolute Gasteiger partial charge is 0.252 e. The molecule has 0 unspecified atom stereocenters. The first-order valence-electron chi connectivity index (χ1n) is 22.2. The number of benzene rings is 9. The van der Waals surface area contributed by atoms with Crippen molar-refractivity contribution in [2.45, 2.75) is 6.92 Å². The fraction of sp³-hybridized carbons (Fsp3) is 0.0526. The molecule has 6 heterocycles. The van der Waals surface area contributed by atoms with Gasteiger partial charge in [0, 0.05) is 63.1 Å². The molecule has 2 aromatic heterocycles. The summed E-state index contributed by atoms with van der Waals surface area (Å²) in [6.45, 7) is 2.41. The molecule has 9 heteroatoms. The molecule has 0 radical (unpaired) electrons. The van der Waals surface area contributed by atoms with Gasteiger partial charge >= 0.3 is 0 Å². The Morgan fingerprint density at radius 3 is 1.76 bits per heavy atom. The molecule has 9 aromatic carbocycles. The third kappa shape index (κ3) is 5.18. The van der Waals surface area contributed by atoms with Crippen LogP contribution in [0.1, 0.15) is 5.56 Å². The van der Waals surface area contributed by atoms with Crippen LogP contribution in [0.2, 0.25) is 0 Å². The number of aryl methyl sites for hydroxylation is 1. The predicted octanol–water partition coefficient (Wildman–Crippen LogP) is 13.6. The molecular weight excluding hydrogens is 852 g/mol. The van der Waals surface area contributed by atoms with Crippen LogP contribution in [0, 0.1) is 6.92 Å². The minimum atomic E-state index is -0.116. The standard InChI is InChI=1S/C57H35BN2O4S2/c1-32-24-46-54-47(25-32)60(44-12-7-13-48-56(44)63-30-61-48)55-43(22-23-49-57(55)64-31-62-49)58(54)42-21-18-34(36-17-20-41-39-11-3-5-15-51(39)66-53(41)29-36)27-45(42)59(46)37-9-6-8-33(26-37)35-16-19-40-38-10-2-4-14-50(38)65-52(40)28-35/h2-29H,30-31H2,1H3. The zero-order chi connectivity index (χ0) is 43.2. The number of para-hydroxylation sites is 1. The van der Waals surface area contributed by atoms with Crippen molar-refractivity contribution in [2.24, 2.45) is 0 Å². The number of rotatable bonds is 4. The number of nitrogens with zero attached hydrogens (tertiary/aromatic N) is 2. The predicted molar refractivity (Wildman–Crippen MR) is 274 cm³/mol. The van der Waals surface area contributed by atoms with Crippen molar-refractivity contribution in [1.82, 2.24) is 0 Å². The number of hydrogen-bond acceptors (Lipinski definition) is 8. The maximum Gasteiger partial charge on any atom is 0.252 e. The molecule has 0 atom stereocenters. The SMILES string of the molecule is Cc1cc2c3c(c1)N(c1cccc4c1OCO4)c1c(ccc4c1OCO4)B3c1ccc(-c3ccc4c(c3)sc3ccccc34)cc1N2c1cccc(-c2ccc3c(c2)sc2ccccc23)c1. The number of anilines is 6. The van der Waals surface area contributed by atoms with Crippen LogP contribution in [0.4, 0.5) is 34.1 Å². The normalized spacial score (nSPS) is 14.1. The molecule has 0 saturated heterocycles. The van der Waals surface area contributed by atoms with E-state index in [-0.39, 0.29) is 20.3 Å². The van der Waals surface area contributed by atoms with Crippen LogP contribution < -0.4 is 45.1 Å². The van der Waals surface area contributed by atoms with E-state index in [0.717, 1.165) is 62.4 Å². The maximum absolute atomic E-state index is 6.42. The zero-order valence-corrected chi connectivity index (χ0v) is 37.1. The van der Waals surface area contributed by atoms with Gasteiger partial charge in [-0.25, -0.2) is 0 Å². The molecule has 4 aliphatic rings. The van der Waals surface area contributed by atoms with E-state index in [0.29, 0.717) is 5.75 Å². The lowest BCUT2D eigenvalue weighted by Gasteiger charge is -2.44. The van der Waals surface area contributed by atoms with Crippen molar-refractivity contribution in [3.63, 3.8) is 0 Å². The first kappa shape index (κ1) is 36.6. The summed E-state index contributed by atoms with van der Waals surface area (Å²) in [4.78, 5) is 4.83. The molecule has 312 valence electrons. The van der Waals surface area contributed by atoms with E-state index in [1.807, 2.05) is 34.8 Å².